The fourth-order valence-corrected chi connectivity index (χ4v) is 4.10. The van der Waals surface area contributed by atoms with Gasteiger partial charge in [0.25, 0.3) is 0 Å². The van der Waals surface area contributed by atoms with Crippen LogP contribution in [0.2, 0.25) is 0 Å². The summed E-state index contributed by atoms with van der Waals surface area (Å²) < 4.78 is 0. The highest BCUT2D eigenvalue weighted by molar-refractivity contribution is 7.99. The van der Waals surface area contributed by atoms with Crippen molar-refractivity contribution in [3.05, 3.63) is 17.2 Å². The molecular weight excluding hydrogens is 440 g/mol. The summed E-state index contributed by atoms with van der Waals surface area (Å²) in [5.74, 6) is -3.86. The van der Waals surface area contributed by atoms with Gasteiger partial charge in [0.15, 0.2) is 0 Å². The molecule has 0 aliphatic carbocycles. The molecule has 1 aromatic carbocycles. The van der Waals surface area contributed by atoms with Crippen LogP contribution in [0.3, 0.4) is 0 Å². The number of carboxylic acids is 2. The van der Waals surface area contributed by atoms with Crippen LogP contribution in [0.5, 0.6) is 5.75 Å². The molecule has 1 aromatic rings. The molecule has 0 unspecified atom stereocenters. The Morgan fingerprint density at radius 1 is 1.16 bits per heavy atom. The minimum absolute atomic E-state index is 0.00125. The molecule has 12 heteroatoms. The number of anilines is 1. The first-order chi connectivity index (χ1) is 15.0. The number of nitrogen functional groups attached to an aromatic ring is 1. The lowest BCUT2D eigenvalue weighted by Gasteiger charge is -2.20. The summed E-state index contributed by atoms with van der Waals surface area (Å²) in [6.07, 6.45) is 0.801. The summed E-state index contributed by atoms with van der Waals surface area (Å²) in [5, 5.41) is 32.7. The predicted octanol–water partition coefficient (Wildman–Crippen LogP) is 0.0690. The summed E-state index contributed by atoms with van der Waals surface area (Å²) in [4.78, 5) is 46.7. The summed E-state index contributed by atoms with van der Waals surface area (Å²) in [6.45, 7) is 3.15. The Bertz CT molecular complexity index is 863. The SMILES string of the molecule is CCc1cc(O)c(SC[C@H](NC(=O)CC[C@H](N)C(=O)O)C(=O)NCC(=O)O)c(CC)c1N. The van der Waals surface area contributed by atoms with Gasteiger partial charge < -0.3 is 37.4 Å². The van der Waals surface area contributed by atoms with Gasteiger partial charge in [0, 0.05) is 17.9 Å². The molecule has 0 fully saturated rings. The second kappa shape index (κ2) is 12.8. The monoisotopic (exact) mass is 470 g/mol. The number of amides is 2. The van der Waals surface area contributed by atoms with Crippen molar-refractivity contribution in [2.75, 3.05) is 18.0 Å². The Labute approximate surface area is 189 Å². The van der Waals surface area contributed by atoms with E-state index < -0.39 is 42.4 Å². The maximum atomic E-state index is 12.4. The van der Waals surface area contributed by atoms with Gasteiger partial charge in [0.1, 0.15) is 24.4 Å². The number of hydrogen-bond donors (Lipinski definition) is 7. The van der Waals surface area contributed by atoms with Crippen LogP contribution < -0.4 is 22.1 Å². The number of hydrogen-bond acceptors (Lipinski definition) is 8. The summed E-state index contributed by atoms with van der Waals surface area (Å²) >= 11 is 1.10. The van der Waals surface area contributed by atoms with Gasteiger partial charge in [0.05, 0.1) is 4.90 Å². The molecule has 0 aromatic heterocycles. The molecule has 0 radical (unpaired) electrons. The zero-order valence-corrected chi connectivity index (χ0v) is 18.8. The number of carbonyl (C=O) groups is 4. The van der Waals surface area contributed by atoms with Gasteiger partial charge >= 0.3 is 11.9 Å². The zero-order valence-electron chi connectivity index (χ0n) is 18.0. The number of phenols is 1. The largest absolute Gasteiger partial charge is 0.507 e. The van der Waals surface area contributed by atoms with Gasteiger partial charge in [-0.25, -0.2) is 0 Å². The van der Waals surface area contributed by atoms with Crippen LogP contribution in [-0.4, -0.2) is 63.5 Å². The van der Waals surface area contributed by atoms with Crippen molar-refractivity contribution in [3.63, 3.8) is 0 Å². The molecule has 9 N–H and O–H groups in total. The molecule has 0 heterocycles. The van der Waals surface area contributed by atoms with Gasteiger partial charge in [-0.3, -0.25) is 19.2 Å². The van der Waals surface area contributed by atoms with E-state index in [1.54, 1.807) is 6.07 Å². The fraction of sp³-hybridized carbons (Fsp3) is 0.500. The molecule has 178 valence electrons. The maximum absolute atomic E-state index is 12.4. The first kappa shape index (κ1) is 27.0. The highest BCUT2D eigenvalue weighted by Crippen LogP contribution is 2.38. The number of phenolic OH excluding ortho intramolecular Hbond substituents is 1. The minimum atomic E-state index is -1.25. The lowest BCUT2D eigenvalue weighted by Crippen LogP contribution is -2.49. The number of nitrogens with two attached hydrogens (primary N) is 2. The standard InChI is InChI=1S/C20H30N4O7S/c1-3-10-7-14(25)18(11(4-2)17(10)22)32-9-13(19(29)23-8-16(27)28)24-15(26)6-5-12(21)20(30)31/h7,12-13,25H,3-6,8-9,21-22H2,1-2H3,(H,23,29)(H,24,26)(H,27,28)(H,30,31)/t12-,13-/m0/s1. The average Bonchev–Trinajstić information content (AvgIpc) is 2.74. The first-order valence-corrected chi connectivity index (χ1v) is 11.0. The van der Waals surface area contributed by atoms with Gasteiger partial charge in [-0.1, -0.05) is 13.8 Å². The number of aliphatic carboxylic acids is 2. The number of aromatic hydroxyl groups is 1. The molecule has 11 nitrogen and oxygen atoms in total. The number of carbonyl (C=O) groups excluding carboxylic acids is 2. The second-order valence-corrected chi connectivity index (χ2v) is 8.04. The van der Waals surface area contributed by atoms with Gasteiger partial charge in [-0.15, -0.1) is 11.8 Å². The van der Waals surface area contributed by atoms with Crippen LogP contribution >= 0.6 is 11.8 Å². The zero-order chi connectivity index (χ0) is 24.4. The molecule has 0 aliphatic rings. The van der Waals surface area contributed by atoms with Crippen LogP contribution in [0.4, 0.5) is 5.69 Å². The smallest absolute Gasteiger partial charge is 0.322 e. The third-order valence-electron chi connectivity index (χ3n) is 4.68. The Morgan fingerprint density at radius 3 is 2.34 bits per heavy atom. The van der Waals surface area contributed by atoms with Crippen molar-refractivity contribution in [2.24, 2.45) is 5.73 Å². The lowest BCUT2D eigenvalue weighted by atomic mass is 10.0. The topological polar surface area (TPSA) is 205 Å². The molecule has 2 amide bonds. The van der Waals surface area contributed by atoms with Crippen molar-refractivity contribution in [1.29, 1.82) is 0 Å². The Balaban J connectivity index is 3.00. The molecule has 0 spiro atoms. The van der Waals surface area contributed by atoms with Crippen molar-refractivity contribution in [1.82, 2.24) is 10.6 Å². The Hall–Kier alpha value is -2.99. The van der Waals surface area contributed by atoms with E-state index in [0.29, 0.717) is 23.4 Å². The third-order valence-corrected chi connectivity index (χ3v) is 5.93. The molecule has 0 aliphatic heterocycles. The molecule has 1 rings (SSSR count). The van der Waals surface area contributed by atoms with E-state index in [2.05, 4.69) is 10.6 Å². The molecule has 0 saturated heterocycles. The van der Waals surface area contributed by atoms with Crippen molar-refractivity contribution < 1.29 is 34.5 Å². The first-order valence-electron chi connectivity index (χ1n) is 10.0. The van der Waals surface area contributed by atoms with Crippen LogP contribution in [0.15, 0.2) is 11.0 Å². The maximum Gasteiger partial charge on any atom is 0.322 e. The van der Waals surface area contributed by atoms with Gasteiger partial charge in [0.2, 0.25) is 11.8 Å². The lowest BCUT2D eigenvalue weighted by molar-refractivity contribution is -0.139. The summed E-state index contributed by atoms with van der Waals surface area (Å²) in [7, 11) is 0. The second-order valence-electron chi connectivity index (χ2n) is 7.01. The van der Waals surface area contributed by atoms with Crippen molar-refractivity contribution in [2.45, 2.75) is 56.5 Å². The van der Waals surface area contributed by atoms with E-state index in [1.807, 2.05) is 13.8 Å². The number of nitrogens with one attached hydrogen (secondary N) is 2. The number of aryl methyl sites for hydroxylation is 1. The quantitative estimate of drug-likeness (QED) is 0.117. The van der Waals surface area contributed by atoms with E-state index in [0.717, 1.165) is 22.9 Å². The van der Waals surface area contributed by atoms with E-state index in [-0.39, 0.29) is 24.3 Å². The van der Waals surface area contributed by atoms with Crippen LogP contribution in [-0.2, 0) is 32.0 Å². The Kier molecular flexibility index (Phi) is 10.8. The highest BCUT2D eigenvalue weighted by Gasteiger charge is 2.24. The summed E-state index contributed by atoms with van der Waals surface area (Å²) in [6, 6.07) is -0.801. The van der Waals surface area contributed by atoms with E-state index in [4.69, 9.17) is 21.7 Å². The number of rotatable bonds is 13. The number of benzene rings is 1. The van der Waals surface area contributed by atoms with E-state index >= 15 is 0 Å². The molecule has 0 saturated carbocycles. The van der Waals surface area contributed by atoms with Crippen LogP contribution in [0.1, 0.15) is 37.8 Å². The van der Waals surface area contributed by atoms with Crippen LogP contribution in [0, 0.1) is 0 Å². The fourth-order valence-electron chi connectivity index (χ4n) is 2.90. The highest BCUT2D eigenvalue weighted by atomic mass is 32.2. The Morgan fingerprint density at radius 2 is 1.81 bits per heavy atom. The number of thioether (sulfide) groups is 1. The van der Waals surface area contributed by atoms with Gasteiger partial charge in [-0.05, 0) is 36.5 Å². The average molecular weight is 471 g/mol. The van der Waals surface area contributed by atoms with Gasteiger partial charge in [-0.2, -0.15) is 0 Å². The van der Waals surface area contributed by atoms with Crippen LogP contribution in [0.25, 0.3) is 0 Å². The predicted molar refractivity (Wildman–Crippen MR) is 119 cm³/mol. The summed E-state index contributed by atoms with van der Waals surface area (Å²) in [5.41, 5.74) is 13.6. The van der Waals surface area contributed by atoms with Crippen molar-refractivity contribution >= 4 is 41.2 Å². The minimum Gasteiger partial charge on any atom is -0.507 e. The number of carboxylic acid groups (broad SMARTS) is 2. The third kappa shape index (κ3) is 7.93. The normalized spacial score (nSPS) is 12.6. The molecular formula is C20H30N4O7S. The van der Waals surface area contributed by atoms with E-state index in [9.17, 15) is 24.3 Å². The van der Waals surface area contributed by atoms with E-state index in [1.165, 1.54) is 0 Å². The van der Waals surface area contributed by atoms with Crippen molar-refractivity contribution in [3.8, 4) is 5.75 Å². The molecule has 0 bridgehead atoms. The molecule has 2 atom stereocenters. The molecule has 32 heavy (non-hydrogen) atoms.